The first-order valence-corrected chi connectivity index (χ1v) is 5.69. The number of epoxide rings is 2. The zero-order chi connectivity index (χ0) is 15.3. The quantitative estimate of drug-likeness (QED) is 0.569. The lowest BCUT2D eigenvalue weighted by Crippen LogP contribution is -2.40. The van der Waals surface area contributed by atoms with Gasteiger partial charge in [-0.3, -0.25) is 0 Å². The molecule has 0 radical (unpaired) electrons. The zero-order valence-electron chi connectivity index (χ0n) is 10.2. The molecule has 0 spiro atoms. The van der Waals surface area contributed by atoms with E-state index in [0.29, 0.717) is 12.2 Å². The van der Waals surface area contributed by atoms with E-state index in [9.17, 15) is 26.3 Å². The minimum absolute atomic E-state index is 0.392. The van der Waals surface area contributed by atoms with Crippen LogP contribution in [0.1, 0.15) is 0 Å². The molecule has 2 fully saturated rings. The molecule has 0 saturated carbocycles. The van der Waals surface area contributed by atoms with Crippen LogP contribution in [0, 0.1) is 0 Å². The standard InChI is InChI=1S/C6H10O3.C4H4F6O/c1(5-3-8-5)7-2-6-4-9-6;5-1(3(7)8)2(6)4(9,10)11/h5-6H,1-4H2;1-3,11H. The van der Waals surface area contributed by atoms with Crippen LogP contribution in [-0.4, -0.2) is 68.6 Å². The predicted molar refractivity (Wildman–Crippen MR) is 53.3 cm³/mol. The van der Waals surface area contributed by atoms with E-state index in [0.717, 1.165) is 26.4 Å². The van der Waals surface area contributed by atoms with Gasteiger partial charge in [0.05, 0.1) is 26.4 Å². The normalized spacial score (nSPS) is 27.6. The molecule has 2 aliphatic rings. The molecule has 2 heterocycles. The van der Waals surface area contributed by atoms with Crippen molar-refractivity contribution in [2.24, 2.45) is 0 Å². The van der Waals surface area contributed by atoms with Crippen LogP contribution in [0.4, 0.5) is 26.3 Å². The van der Waals surface area contributed by atoms with Crippen LogP contribution in [0.2, 0.25) is 0 Å². The number of halogens is 6. The van der Waals surface area contributed by atoms with Crippen LogP contribution in [0.5, 0.6) is 0 Å². The maximum atomic E-state index is 11.7. The van der Waals surface area contributed by atoms with E-state index in [-0.39, 0.29) is 0 Å². The fourth-order valence-corrected chi connectivity index (χ4v) is 0.979. The van der Waals surface area contributed by atoms with E-state index >= 15 is 0 Å². The number of aliphatic hydroxyl groups is 1. The Bertz CT molecular complexity index is 267. The smallest absolute Gasteiger partial charge is 0.376 e. The van der Waals surface area contributed by atoms with Gasteiger partial charge in [0.2, 0.25) is 12.3 Å². The SMILES string of the molecule is C(OCC1CO1)C1CO1.OC(F)(F)C(F)C(F)C(F)F. The summed E-state index contributed by atoms with van der Waals surface area (Å²) in [4.78, 5) is 0. The summed E-state index contributed by atoms with van der Waals surface area (Å²) in [6.07, 6.45) is -15.7. The van der Waals surface area contributed by atoms with Gasteiger partial charge in [-0.05, 0) is 0 Å². The Balaban J connectivity index is 0.000000202. The average molecular weight is 312 g/mol. The van der Waals surface area contributed by atoms with Crippen molar-refractivity contribution in [3.8, 4) is 0 Å². The second-order valence-electron chi connectivity index (χ2n) is 4.22. The van der Waals surface area contributed by atoms with E-state index in [1.165, 1.54) is 0 Å². The Morgan fingerprint density at radius 2 is 1.45 bits per heavy atom. The maximum Gasteiger partial charge on any atom is 0.387 e. The van der Waals surface area contributed by atoms with Gasteiger partial charge in [0, 0.05) is 0 Å². The highest BCUT2D eigenvalue weighted by atomic mass is 19.3. The Hall–Kier alpha value is -0.580. The van der Waals surface area contributed by atoms with Crippen LogP contribution in [0.15, 0.2) is 0 Å². The van der Waals surface area contributed by atoms with E-state index in [2.05, 4.69) is 0 Å². The van der Waals surface area contributed by atoms with Gasteiger partial charge in [-0.15, -0.1) is 0 Å². The lowest BCUT2D eigenvalue weighted by atomic mass is 10.2. The van der Waals surface area contributed by atoms with Crippen molar-refractivity contribution >= 4 is 0 Å². The summed E-state index contributed by atoms with van der Waals surface area (Å²) in [5.41, 5.74) is 0. The molecule has 0 amide bonds. The largest absolute Gasteiger partial charge is 0.387 e. The van der Waals surface area contributed by atoms with Crippen LogP contribution < -0.4 is 0 Å². The van der Waals surface area contributed by atoms with E-state index in [1.54, 1.807) is 0 Å². The molecule has 4 nitrogen and oxygen atoms in total. The fraction of sp³-hybridized carbons (Fsp3) is 1.00. The number of hydrogen-bond acceptors (Lipinski definition) is 4. The summed E-state index contributed by atoms with van der Waals surface area (Å²) in [6, 6.07) is 0. The molecule has 120 valence electrons. The van der Waals surface area contributed by atoms with Gasteiger partial charge >= 0.3 is 6.11 Å². The summed E-state index contributed by atoms with van der Waals surface area (Å²) in [5, 5.41) is 7.42. The molecule has 20 heavy (non-hydrogen) atoms. The lowest BCUT2D eigenvalue weighted by Gasteiger charge is -2.16. The molecule has 0 bridgehead atoms. The second kappa shape index (κ2) is 7.43. The number of alkyl halides is 6. The third kappa shape index (κ3) is 7.27. The molecular formula is C10H14F6O4. The highest BCUT2D eigenvalue weighted by Gasteiger charge is 2.47. The third-order valence-electron chi connectivity index (χ3n) is 2.26. The molecule has 0 aromatic carbocycles. The number of rotatable bonds is 7. The molecule has 0 aromatic heterocycles. The van der Waals surface area contributed by atoms with Crippen LogP contribution >= 0.6 is 0 Å². The Labute approximate surface area is 110 Å². The number of hydrogen-bond donors (Lipinski definition) is 1. The van der Waals surface area contributed by atoms with Gasteiger partial charge in [0.1, 0.15) is 12.2 Å². The van der Waals surface area contributed by atoms with Crippen molar-refractivity contribution in [1.82, 2.24) is 0 Å². The number of ether oxygens (including phenoxy) is 3. The van der Waals surface area contributed by atoms with Gasteiger partial charge in [0.25, 0.3) is 6.43 Å². The minimum atomic E-state index is -5.06. The molecule has 0 aromatic rings. The summed E-state index contributed by atoms with van der Waals surface area (Å²) < 4.78 is 83.4. The molecule has 4 unspecified atom stereocenters. The second-order valence-corrected chi connectivity index (χ2v) is 4.22. The predicted octanol–water partition coefficient (Wildman–Crippen LogP) is 1.31. The molecule has 2 saturated heterocycles. The first kappa shape index (κ1) is 17.5. The Kier molecular flexibility index (Phi) is 6.49. The summed E-state index contributed by atoms with van der Waals surface area (Å²) in [6.45, 7) is 3.26. The van der Waals surface area contributed by atoms with Crippen LogP contribution in [-0.2, 0) is 14.2 Å². The maximum absolute atomic E-state index is 11.7. The first-order valence-electron chi connectivity index (χ1n) is 5.69. The molecule has 1 N–H and O–H groups in total. The van der Waals surface area contributed by atoms with Crippen molar-refractivity contribution in [3.63, 3.8) is 0 Å². The van der Waals surface area contributed by atoms with Crippen LogP contribution in [0.25, 0.3) is 0 Å². The van der Waals surface area contributed by atoms with E-state index in [1.807, 2.05) is 0 Å². The van der Waals surface area contributed by atoms with Crippen LogP contribution in [0.3, 0.4) is 0 Å². The van der Waals surface area contributed by atoms with Gasteiger partial charge in [0.15, 0.2) is 0 Å². The van der Waals surface area contributed by atoms with Gasteiger partial charge in [-0.2, -0.15) is 8.78 Å². The highest BCUT2D eigenvalue weighted by molar-refractivity contribution is 4.76. The van der Waals surface area contributed by atoms with E-state index in [4.69, 9.17) is 19.3 Å². The van der Waals surface area contributed by atoms with Crippen molar-refractivity contribution in [2.45, 2.75) is 37.1 Å². The Morgan fingerprint density at radius 1 is 1.05 bits per heavy atom. The lowest BCUT2D eigenvalue weighted by molar-refractivity contribution is -0.260. The van der Waals surface area contributed by atoms with Gasteiger partial charge in [-0.1, -0.05) is 0 Å². The highest BCUT2D eigenvalue weighted by Crippen LogP contribution is 2.25. The zero-order valence-corrected chi connectivity index (χ0v) is 10.2. The van der Waals surface area contributed by atoms with Crippen molar-refractivity contribution in [2.75, 3.05) is 26.4 Å². The minimum Gasteiger partial charge on any atom is -0.376 e. The summed E-state index contributed by atoms with van der Waals surface area (Å²) >= 11 is 0. The molecule has 2 aliphatic heterocycles. The summed E-state index contributed by atoms with van der Waals surface area (Å²) in [7, 11) is 0. The Morgan fingerprint density at radius 3 is 1.65 bits per heavy atom. The monoisotopic (exact) mass is 312 g/mol. The van der Waals surface area contributed by atoms with Gasteiger partial charge in [-0.25, -0.2) is 17.6 Å². The molecular weight excluding hydrogens is 298 g/mol. The molecule has 0 aliphatic carbocycles. The average Bonchev–Trinajstić information content (AvgIpc) is 3.20. The van der Waals surface area contributed by atoms with Gasteiger partial charge < -0.3 is 19.3 Å². The third-order valence-corrected chi connectivity index (χ3v) is 2.26. The first-order chi connectivity index (χ1) is 9.21. The van der Waals surface area contributed by atoms with Crippen molar-refractivity contribution < 1.29 is 45.7 Å². The molecule has 4 atom stereocenters. The van der Waals surface area contributed by atoms with E-state index < -0.39 is 24.9 Å². The molecule has 2 rings (SSSR count). The molecule has 10 heteroatoms. The fourth-order valence-electron chi connectivity index (χ4n) is 0.979. The summed E-state index contributed by atoms with van der Waals surface area (Å²) in [5.74, 6) is 0. The van der Waals surface area contributed by atoms with Crippen molar-refractivity contribution in [1.29, 1.82) is 0 Å². The topological polar surface area (TPSA) is 54.5 Å². The van der Waals surface area contributed by atoms with Crippen molar-refractivity contribution in [3.05, 3.63) is 0 Å².